The number of hydrogen-bond donors (Lipinski definition) is 2. The van der Waals surface area contributed by atoms with E-state index in [1.165, 1.54) is 16.7 Å². The summed E-state index contributed by atoms with van der Waals surface area (Å²) in [6.07, 6.45) is -4.86. The fourth-order valence-corrected chi connectivity index (χ4v) is 3.38. The molecule has 0 saturated carbocycles. The van der Waals surface area contributed by atoms with Gasteiger partial charge in [0.1, 0.15) is 18.2 Å². The number of nitrogens with zero attached hydrogens (tertiary/aromatic N) is 2. The minimum atomic E-state index is -4.86. The van der Waals surface area contributed by atoms with Crippen molar-refractivity contribution >= 4 is 19.2 Å². The Morgan fingerprint density at radius 3 is 2.52 bits per heavy atom. The van der Waals surface area contributed by atoms with Crippen molar-refractivity contribution in [1.82, 2.24) is 19.5 Å². The first-order valence-corrected chi connectivity index (χ1v) is 13.0. The van der Waals surface area contributed by atoms with Crippen molar-refractivity contribution in [3.8, 4) is 17.5 Å². The smallest absolute Gasteiger partial charge is 0.425 e. The molecule has 0 amide bonds. The Morgan fingerprint density at radius 1 is 1.13 bits per heavy atom. The molecule has 0 aliphatic heterocycles. The topological polar surface area (TPSA) is 111 Å². The van der Waals surface area contributed by atoms with Gasteiger partial charge in [-0.1, -0.05) is 25.7 Å². The van der Waals surface area contributed by atoms with E-state index in [1.54, 1.807) is 0 Å². The van der Waals surface area contributed by atoms with Crippen molar-refractivity contribution < 1.29 is 27.4 Å². The molecule has 31 heavy (non-hydrogen) atoms. The number of hydrogen-bond acceptors (Lipinski definition) is 6. The van der Waals surface area contributed by atoms with Crippen LogP contribution in [0.1, 0.15) is 0 Å². The molecule has 2 aromatic heterocycles. The number of rotatable bonds is 8. The standard InChI is InChI=1S/C18H21F3N4O5Si/c1-31(2,3)8-7-28-10-25-13-14(22-16(27)24-15(13)26)23-17(25)29-11-5-4-6-12(9-11)30-18(19,20)21/h4-6,9H,7-8,10H2,1-3H3,(H2,22,24,26,27). The molecule has 2 N–H and O–H groups in total. The Bertz CT molecular complexity index is 1180. The highest BCUT2D eigenvalue weighted by atomic mass is 28.3. The summed E-state index contributed by atoms with van der Waals surface area (Å²) in [5.41, 5.74) is -1.50. The lowest BCUT2D eigenvalue weighted by Gasteiger charge is -2.16. The van der Waals surface area contributed by atoms with E-state index >= 15 is 0 Å². The van der Waals surface area contributed by atoms with Gasteiger partial charge in [0.05, 0.1) is 0 Å². The van der Waals surface area contributed by atoms with Crippen molar-refractivity contribution in [1.29, 1.82) is 0 Å². The molecular formula is C18H21F3N4O5Si. The number of ether oxygens (including phenoxy) is 3. The summed E-state index contributed by atoms with van der Waals surface area (Å²) in [4.78, 5) is 32.5. The number of nitrogens with one attached hydrogen (secondary N) is 2. The lowest BCUT2D eigenvalue weighted by Crippen LogP contribution is -2.24. The molecule has 0 spiro atoms. The molecule has 0 saturated heterocycles. The predicted octanol–water partition coefficient (Wildman–Crippen LogP) is 3.42. The van der Waals surface area contributed by atoms with Crippen LogP contribution >= 0.6 is 0 Å². The number of aromatic nitrogens is 4. The third kappa shape index (κ3) is 6.21. The molecule has 0 bridgehead atoms. The van der Waals surface area contributed by atoms with Crippen LogP contribution in [0.25, 0.3) is 11.2 Å². The van der Waals surface area contributed by atoms with Crippen LogP contribution in [0.5, 0.6) is 17.5 Å². The first-order chi connectivity index (χ1) is 14.4. The number of H-pyrrole nitrogens is 2. The highest BCUT2D eigenvalue weighted by molar-refractivity contribution is 6.76. The first-order valence-electron chi connectivity index (χ1n) is 9.25. The third-order valence-corrected chi connectivity index (χ3v) is 5.78. The van der Waals surface area contributed by atoms with Gasteiger partial charge in [-0.05, 0) is 18.2 Å². The second-order valence-electron chi connectivity index (χ2n) is 7.90. The Kier molecular flexibility index (Phi) is 6.27. The molecular weight excluding hydrogens is 437 g/mol. The fraction of sp³-hybridized carbons (Fsp3) is 0.389. The summed E-state index contributed by atoms with van der Waals surface area (Å²) in [7, 11) is -1.35. The van der Waals surface area contributed by atoms with Gasteiger partial charge in [0, 0.05) is 20.7 Å². The van der Waals surface area contributed by atoms with E-state index < -0.39 is 31.4 Å². The summed E-state index contributed by atoms with van der Waals surface area (Å²) in [5, 5.41) is 0. The second kappa shape index (κ2) is 8.59. The maximum atomic E-state index is 12.5. The van der Waals surface area contributed by atoms with Crippen LogP contribution < -0.4 is 20.7 Å². The number of benzene rings is 1. The number of aromatic amines is 2. The van der Waals surface area contributed by atoms with Crippen LogP contribution in [0.2, 0.25) is 25.7 Å². The molecule has 0 radical (unpaired) electrons. The molecule has 0 aliphatic carbocycles. The molecule has 3 aromatic rings. The van der Waals surface area contributed by atoms with Crippen molar-refractivity contribution in [3.05, 3.63) is 45.1 Å². The van der Waals surface area contributed by atoms with Crippen LogP contribution in [0, 0.1) is 0 Å². The number of imidazole rings is 1. The van der Waals surface area contributed by atoms with Crippen molar-refractivity contribution in [2.45, 2.75) is 38.8 Å². The summed E-state index contributed by atoms with van der Waals surface area (Å²) in [5.74, 6) is -0.496. The molecule has 9 nitrogen and oxygen atoms in total. The van der Waals surface area contributed by atoms with Gasteiger partial charge < -0.3 is 14.2 Å². The van der Waals surface area contributed by atoms with E-state index in [9.17, 15) is 22.8 Å². The average Bonchev–Trinajstić information content (AvgIpc) is 2.94. The molecule has 13 heteroatoms. The molecule has 0 atom stereocenters. The van der Waals surface area contributed by atoms with Crippen LogP contribution in [-0.4, -0.2) is 40.6 Å². The molecule has 1 aromatic carbocycles. The molecule has 2 heterocycles. The summed E-state index contributed by atoms with van der Waals surface area (Å²) in [6, 6.07) is 5.58. The van der Waals surface area contributed by atoms with Gasteiger partial charge in [0.25, 0.3) is 5.56 Å². The van der Waals surface area contributed by atoms with Crippen LogP contribution in [0.15, 0.2) is 33.9 Å². The minimum Gasteiger partial charge on any atom is -0.425 e. The zero-order valence-electron chi connectivity index (χ0n) is 17.0. The van der Waals surface area contributed by atoms with Gasteiger partial charge in [-0.2, -0.15) is 4.98 Å². The van der Waals surface area contributed by atoms with E-state index in [0.29, 0.717) is 6.61 Å². The number of fused-ring (bicyclic) bond motifs is 1. The van der Waals surface area contributed by atoms with Crippen molar-refractivity contribution in [2.24, 2.45) is 0 Å². The lowest BCUT2D eigenvalue weighted by molar-refractivity contribution is -0.274. The Hall–Kier alpha value is -3.06. The third-order valence-electron chi connectivity index (χ3n) is 4.07. The maximum absolute atomic E-state index is 12.5. The second-order valence-corrected chi connectivity index (χ2v) is 13.5. The quantitative estimate of drug-likeness (QED) is 0.395. The Balaban J connectivity index is 1.92. The first kappa shape index (κ1) is 22.6. The van der Waals surface area contributed by atoms with Gasteiger partial charge in [-0.15, -0.1) is 13.2 Å². The number of alkyl halides is 3. The van der Waals surface area contributed by atoms with E-state index in [1.807, 2.05) is 0 Å². The van der Waals surface area contributed by atoms with Gasteiger partial charge in [0.15, 0.2) is 11.2 Å². The Labute approximate surface area is 174 Å². The van der Waals surface area contributed by atoms with Crippen molar-refractivity contribution in [2.75, 3.05) is 6.61 Å². The highest BCUT2D eigenvalue weighted by Crippen LogP contribution is 2.29. The van der Waals surface area contributed by atoms with Gasteiger partial charge in [-0.3, -0.25) is 19.3 Å². The van der Waals surface area contributed by atoms with E-state index in [4.69, 9.17) is 9.47 Å². The van der Waals surface area contributed by atoms with E-state index in [2.05, 4.69) is 39.3 Å². The van der Waals surface area contributed by atoms with Gasteiger partial charge >= 0.3 is 18.1 Å². The normalized spacial score (nSPS) is 12.3. The largest absolute Gasteiger partial charge is 0.573 e. The zero-order chi connectivity index (χ0) is 22.8. The molecule has 0 fully saturated rings. The summed E-state index contributed by atoms with van der Waals surface area (Å²) < 4.78 is 53.9. The SMILES string of the molecule is C[Si](C)(C)CCOCn1c(Oc2cccc(OC(F)(F)F)c2)nc2[nH]c(=O)[nH]c(=O)c21. The molecule has 3 rings (SSSR count). The van der Waals surface area contributed by atoms with Gasteiger partial charge in [0.2, 0.25) is 0 Å². The van der Waals surface area contributed by atoms with E-state index in [-0.39, 0.29) is 29.7 Å². The number of halogens is 3. The maximum Gasteiger partial charge on any atom is 0.573 e. The summed E-state index contributed by atoms with van der Waals surface area (Å²) in [6.45, 7) is 6.88. The Morgan fingerprint density at radius 2 is 1.84 bits per heavy atom. The summed E-state index contributed by atoms with van der Waals surface area (Å²) >= 11 is 0. The average molecular weight is 458 g/mol. The van der Waals surface area contributed by atoms with Gasteiger partial charge in [-0.25, -0.2) is 4.79 Å². The van der Waals surface area contributed by atoms with Crippen LogP contribution in [-0.2, 0) is 11.5 Å². The minimum absolute atomic E-state index is 0.00491. The molecule has 0 aliphatic rings. The van der Waals surface area contributed by atoms with Crippen molar-refractivity contribution in [3.63, 3.8) is 0 Å². The lowest BCUT2D eigenvalue weighted by atomic mass is 10.3. The fourth-order valence-electron chi connectivity index (χ4n) is 2.62. The van der Waals surface area contributed by atoms with Crippen LogP contribution in [0.3, 0.4) is 0 Å². The molecule has 0 unspecified atom stereocenters. The van der Waals surface area contributed by atoms with E-state index in [0.717, 1.165) is 18.2 Å². The molecule has 168 valence electrons. The monoisotopic (exact) mass is 458 g/mol. The van der Waals surface area contributed by atoms with Crippen LogP contribution in [0.4, 0.5) is 13.2 Å². The zero-order valence-corrected chi connectivity index (χ0v) is 18.0. The highest BCUT2D eigenvalue weighted by Gasteiger charge is 2.31. The predicted molar refractivity (Wildman–Crippen MR) is 108 cm³/mol.